The molecule has 154 valence electrons. The van der Waals surface area contributed by atoms with Gasteiger partial charge < -0.3 is 14.5 Å². The van der Waals surface area contributed by atoms with Crippen molar-refractivity contribution in [2.24, 2.45) is 0 Å². The Morgan fingerprint density at radius 1 is 1.03 bits per heavy atom. The number of carbonyl (C=O) groups excluding carboxylic acids is 1. The van der Waals surface area contributed by atoms with E-state index in [9.17, 15) is 14.9 Å². The van der Waals surface area contributed by atoms with Crippen molar-refractivity contribution in [3.8, 4) is 11.4 Å². The van der Waals surface area contributed by atoms with Gasteiger partial charge in [0, 0.05) is 32.2 Å². The van der Waals surface area contributed by atoms with Gasteiger partial charge >= 0.3 is 0 Å². The minimum absolute atomic E-state index is 0.0700. The molecule has 1 aliphatic heterocycles. The van der Waals surface area contributed by atoms with E-state index in [-0.39, 0.29) is 22.2 Å². The molecule has 0 N–H and O–H groups in total. The quantitative estimate of drug-likeness (QED) is 0.477. The van der Waals surface area contributed by atoms with Gasteiger partial charge in [0.2, 0.25) is 0 Å². The normalized spacial score (nSPS) is 13.9. The van der Waals surface area contributed by atoms with E-state index in [2.05, 4.69) is 5.10 Å². The summed E-state index contributed by atoms with van der Waals surface area (Å²) in [5.41, 5.74) is 1.72. The molecule has 1 saturated heterocycles. The third kappa shape index (κ3) is 3.69. The molecule has 1 fully saturated rings. The topological polar surface area (TPSA) is 93.7 Å². The lowest BCUT2D eigenvalue weighted by molar-refractivity contribution is -0.384. The van der Waals surface area contributed by atoms with Crippen LogP contribution < -0.4 is 9.64 Å². The predicted molar refractivity (Wildman–Crippen MR) is 111 cm³/mol. The average molecular weight is 407 g/mol. The van der Waals surface area contributed by atoms with Crippen LogP contribution in [0.3, 0.4) is 0 Å². The van der Waals surface area contributed by atoms with E-state index in [0.29, 0.717) is 37.6 Å². The molecule has 0 aliphatic carbocycles. The molecule has 4 rings (SSSR count). The van der Waals surface area contributed by atoms with Crippen LogP contribution in [0.2, 0.25) is 0 Å². The number of nitro groups is 1. The molecular formula is C21H21N5O4. The predicted octanol–water partition coefficient (Wildman–Crippen LogP) is 2.75. The van der Waals surface area contributed by atoms with E-state index in [4.69, 9.17) is 4.74 Å². The Bertz CT molecular complexity index is 1060. The van der Waals surface area contributed by atoms with Crippen molar-refractivity contribution in [3.63, 3.8) is 0 Å². The number of methoxy groups -OCH3 is 1. The largest absolute Gasteiger partial charge is 0.493 e. The number of nitro benzene ring substituents is 1. The summed E-state index contributed by atoms with van der Waals surface area (Å²) in [6.07, 6.45) is 1.69. The molecule has 9 heteroatoms. The molecule has 1 amide bonds. The first-order chi connectivity index (χ1) is 14.6. The molecule has 2 heterocycles. The summed E-state index contributed by atoms with van der Waals surface area (Å²) in [5.74, 6) is 0.189. The third-order valence-corrected chi connectivity index (χ3v) is 5.11. The maximum Gasteiger partial charge on any atom is 0.292 e. The Balaban J connectivity index is 1.50. The molecule has 0 saturated carbocycles. The summed E-state index contributed by atoms with van der Waals surface area (Å²) in [7, 11) is 1.51. The summed E-state index contributed by atoms with van der Waals surface area (Å²) in [4.78, 5) is 27.6. The molecule has 0 spiro atoms. The Labute approximate surface area is 173 Å². The zero-order valence-electron chi connectivity index (χ0n) is 16.5. The van der Waals surface area contributed by atoms with Crippen LogP contribution in [0.4, 0.5) is 11.4 Å². The van der Waals surface area contributed by atoms with Crippen molar-refractivity contribution in [2.45, 2.75) is 0 Å². The number of piperazine rings is 1. The number of carbonyl (C=O) groups is 1. The second-order valence-corrected chi connectivity index (χ2v) is 6.85. The van der Waals surface area contributed by atoms with Gasteiger partial charge in [0.25, 0.3) is 11.6 Å². The number of rotatable bonds is 5. The summed E-state index contributed by atoms with van der Waals surface area (Å²) >= 11 is 0. The van der Waals surface area contributed by atoms with Gasteiger partial charge in [0.1, 0.15) is 5.69 Å². The minimum atomic E-state index is -0.381. The van der Waals surface area contributed by atoms with Gasteiger partial charge in [0.15, 0.2) is 11.4 Å². The Hall–Kier alpha value is -3.88. The maximum atomic E-state index is 13.1. The van der Waals surface area contributed by atoms with Crippen molar-refractivity contribution < 1.29 is 14.5 Å². The monoisotopic (exact) mass is 407 g/mol. The highest BCUT2D eigenvalue weighted by Gasteiger charge is 2.29. The molecule has 9 nitrogen and oxygen atoms in total. The lowest BCUT2D eigenvalue weighted by Crippen LogP contribution is -2.49. The number of ether oxygens (including phenoxy) is 1. The van der Waals surface area contributed by atoms with Gasteiger partial charge in [-0.25, -0.2) is 4.68 Å². The van der Waals surface area contributed by atoms with Crippen molar-refractivity contribution in [2.75, 3.05) is 38.2 Å². The minimum Gasteiger partial charge on any atom is -0.493 e. The van der Waals surface area contributed by atoms with Gasteiger partial charge in [-0.2, -0.15) is 5.10 Å². The van der Waals surface area contributed by atoms with E-state index in [1.165, 1.54) is 13.2 Å². The molecule has 2 aromatic carbocycles. The average Bonchev–Trinajstić information content (AvgIpc) is 3.24. The number of nitrogens with zero attached hydrogens (tertiary/aromatic N) is 5. The number of para-hydroxylation sites is 3. The van der Waals surface area contributed by atoms with Crippen LogP contribution in [0, 0.1) is 10.1 Å². The van der Waals surface area contributed by atoms with Crippen LogP contribution in [-0.4, -0.2) is 58.8 Å². The molecule has 0 bridgehead atoms. The molecule has 0 atom stereocenters. The highest BCUT2D eigenvalue weighted by Crippen LogP contribution is 2.29. The molecule has 1 aliphatic rings. The molecule has 0 unspecified atom stereocenters. The van der Waals surface area contributed by atoms with Crippen LogP contribution in [0.1, 0.15) is 10.5 Å². The number of amides is 1. The van der Waals surface area contributed by atoms with Gasteiger partial charge in [-0.3, -0.25) is 14.9 Å². The lowest BCUT2D eigenvalue weighted by Gasteiger charge is -2.35. The van der Waals surface area contributed by atoms with Crippen LogP contribution in [0.15, 0.2) is 60.8 Å². The molecule has 0 radical (unpaired) electrons. The van der Waals surface area contributed by atoms with Crippen LogP contribution in [-0.2, 0) is 0 Å². The number of hydrogen-bond donors (Lipinski definition) is 0. The summed E-state index contributed by atoms with van der Waals surface area (Å²) in [5, 5.41) is 15.7. The second kappa shape index (κ2) is 8.24. The zero-order chi connectivity index (χ0) is 21.1. The van der Waals surface area contributed by atoms with E-state index in [1.807, 2.05) is 35.2 Å². The summed E-state index contributed by atoms with van der Waals surface area (Å²) in [6.45, 7) is 1.87. The Morgan fingerprint density at radius 3 is 2.37 bits per heavy atom. The van der Waals surface area contributed by atoms with Gasteiger partial charge in [0.05, 0.1) is 23.9 Å². The van der Waals surface area contributed by atoms with Crippen molar-refractivity contribution in [3.05, 3.63) is 76.6 Å². The van der Waals surface area contributed by atoms with E-state index < -0.39 is 0 Å². The van der Waals surface area contributed by atoms with Crippen LogP contribution >= 0.6 is 0 Å². The molecule has 30 heavy (non-hydrogen) atoms. The zero-order valence-corrected chi connectivity index (χ0v) is 16.5. The lowest BCUT2D eigenvalue weighted by atomic mass is 10.2. The Morgan fingerprint density at radius 2 is 1.70 bits per heavy atom. The SMILES string of the molecule is COc1cn(-c2ccccc2)nc1C(=O)N1CCN(c2ccccc2[N+](=O)[O-])CC1. The fraction of sp³-hybridized carbons (Fsp3) is 0.238. The van der Waals surface area contributed by atoms with Crippen LogP contribution in [0.5, 0.6) is 5.75 Å². The first-order valence-electron chi connectivity index (χ1n) is 9.55. The second-order valence-electron chi connectivity index (χ2n) is 6.85. The number of hydrogen-bond acceptors (Lipinski definition) is 6. The highest BCUT2D eigenvalue weighted by molar-refractivity contribution is 5.95. The fourth-order valence-electron chi connectivity index (χ4n) is 3.55. The molecule has 1 aromatic heterocycles. The highest BCUT2D eigenvalue weighted by atomic mass is 16.6. The van der Waals surface area contributed by atoms with Gasteiger partial charge in [-0.1, -0.05) is 30.3 Å². The van der Waals surface area contributed by atoms with Crippen LogP contribution in [0.25, 0.3) is 5.69 Å². The van der Waals surface area contributed by atoms with Crippen molar-refractivity contribution in [1.82, 2.24) is 14.7 Å². The van der Waals surface area contributed by atoms with Crippen molar-refractivity contribution in [1.29, 1.82) is 0 Å². The number of benzene rings is 2. The van der Waals surface area contributed by atoms with E-state index in [1.54, 1.807) is 34.0 Å². The maximum absolute atomic E-state index is 13.1. The summed E-state index contributed by atoms with van der Waals surface area (Å²) in [6, 6.07) is 16.1. The van der Waals surface area contributed by atoms with Gasteiger partial charge in [-0.05, 0) is 18.2 Å². The first-order valence-corrected chi connectivity index (χ1v) is 9.55. The number of anilines is 1. The van der Waals surface area contributed by atoms with E-state index >= 15 is 0 Å². The van der Waals surface area contributed by atoms with Crippen molar-refractivity contribution >= 4 is 17.3 Å². The van der Waals surface area contributed by atoms with E-state index in [0.717, 1.165) is 5.69 Å². The summed E-state index contributed by atoms with van der Waals surface area (Å²) < 4.78 is 7.00. The molecule has 3 aromatic rings. The van der Waals surface area contributed by atoms with Gasteiger partial charge in [-0.15, -0.1) is 0 Å². The smallest absolute Gasteiger partial charge is 0.292 e. The Kier molecular flexibility index (Phi) is 5.34. The standard InChI is InChI=1S/C21H21N5O4/c1-30-19-15-25(16-7-3-2-4-8-16)22-20(19)21(27)24-13-11-23(12-14-24)17-9-5-6-10-18(17)26(28)29/h2-10,15H,11-14H2,1H3. The first kappa shape index (κ1) is 19.4. The third-order valence-electron chi connectivity index (χ3n) is 5.11. The molecular weight excluding hydrogens is 386 g/mol. The number of aromatic nitrogens is 2. The fourth-order valence-corrected chi connectivity index (χ4v) is 3.55.